The van der Waals surface area contributed by atoms with Crippen molar-refractivity contribution >= 4 is 30.1 Å². The molecule has 2 aromatic heterocycles. The lowest BCUT2D eigenvalue weighted by Crippen LogP contribution is -2.35. The Balaban J connectivity index is 1.31. The van der Waals surface area contributed by atoms with Crippen molar-refractivity contribution in [2.45, 2.75) is 26.2 Å². The molecule has 1 N–H and O–H groups in total. The molecule has 5 nitrogen and oxygen atoms in total. The fourth-order valence-corrected chi connectivity index (χ4v) is 6.73. The van der Waals surface area contributed by atoms with E-state index >= 15 is 0 Å². The number of nitrogens with zero attached hydrogens (tertiary/aromatic N) is 4. The first-order valence-electron chi connectivity index (χ1n) is 11.9. The van der Waals surface area contributed by atoms with Crippen LogP contribution in [0.15, 0.2) is 66.9 Å². The number of anilines is 1. The number of fused-ring (bicyclic) bond motifs is 1. The maximum atomic E-state index is 13.1. The van der Waals surface area contributed by atoms with Crippen molar-refractivity contribution in [3.8, 4) is 0 Å². The van der Waals surface area contributed by atoms with Crippen molar-refractivity contribution < 1.29 is 13.2 Å². The average molecular weight is 510 g/mol. The van der Waals surface area contributed by atoms with Gasteiger partial charge in [0.25, 0.3) is 0 Å². The standard InChI is InChI=1S/C27H27F3N5P/c1-19-33-24-17-31-25(36-12-10-35(11-13-36)18-20-6-3-2-4-7-20)15-23(24)26(34-19)32-16-21-8-5-9-22(14-21)27(28,29)30/h2-9,14-15,17H,10-13,16,18H2,1H3,(H,32,33,34). The van der Waals surface area contributed by atoms with E-state index in [-0.39, 0.29) is 6.54 Å². The van der Waals surface area contributed by atoms with Crippen LogP contribution in [0.3, 0.4) is 0 Å². The van der Waals surface area contributed by atoms with Gasteiger partial charge >= 0.3 is 6.18 Å². The monoisotopic (exact) mass is 509 g/mol. The van der Waals surface area contributed by atoms with Gasteiger partial charge in [-0.3, -0.25) is 9.88 Å². The van der Waals surface area contributed by atoms with Gasteiger partial charge < -0.3 is 5.32 Å². The van der Waals surface area contributed by atoms with Crippen molar-refractivity contribution in [2.24, 2.45) is 0 Å². The Labute approximate surface area is 209 Å². The van der Waals surface area contributed by atoms with Crippen LogP contribution in [0, 0.1) is 6.92 Å². The largest absolute Gasteiger partial charge is 0.416 e. The van der Waals surface area contributed by atoms with Gasteiger partial charge in [-0.05, 0) is 48.6 Å². The highest BCUT2D eigenvalue weighted by Gasteiger charge is 2.30. The van der Waals surface area contributed by atoms with Crippen molar-refractivity contribution in [3.05, 3.63) is 89.4 Å². The van der Waals surface area contributed by atoms with Crippen LogP contribution in [0.25, 0.3) is 10.9 Å². The number of hydrogen-bond donors (Lipinski definition) is 1. The third-order valence-corrected chi connectivity index (χ3v) is 8.71. The second-order valence-electron chi connectivity index (χ2n) is 8.98. The number of benzene rings is 2. The molecule has 9 heteroatoms. The van der Waals surface area contributed by atoms with Crippen molar-refractivity contribution in [1.29, 1.82) is 0 Å². The number of rotatable bonds is 6. The highest BCUT2D eigenvalue weighted by Crippen LogP contribution is 2.37. The number of halogens is 3. The summed E-state index contributed by atoms with van der Waals surface area (Å²) in [4.78, 5) is 16.3. The Bertz CT molecular complexity index is 1340. The Hall–Kier alpha value is -3.09. The molecule has 0 bridgehead atoms. The molecular formula is C27H27F3N5P. The van der Waals surface area contributed by atoms with Crippen LogP contribution in [0.1, 0.15) is 22.5 Å². The van der Waals surface area contributed by atoms with Crippen molar-refractivity contribution in [2.75, 3.05) is 30.7 Å². The van der Waals surface area contributed by atoms with Crippen molar-refractivity contribution in [3.63, 3.8) is 0 Å². The van der Waals surface area contributed by atoms with Gasteiger partial charge in [-0.1, -0.05) is 50.4 Å². The Morgan fingerprint density at radius 3 is 2.44 bits per heavy atom. The van der Waals surface area contributed by atoms with Crippen LogP contribution in [-0.2, 0) is 19.3 Å². The fourth-order valence-electron chi connectivity index (χ4n) is 4.47. The molecular weight excluding hydrogens is 482 g/mol. The molecule has 0 saturated carbocycles. The first-order chi connectivity index (χ1) is 17.3. The zero-order chi connectivity index (χ0) is 25.1. The summed E-state index contributed by atoms with van der Waals surface area (Å²) in [5.41, 5.74) is 3.02. The lowest BCUT2D eigenvalue weighted by molar-refractivity contribution is -0.137. The molecule has 36 heavy (non-hydrogen) atoms. The van der Waals surface area contributed by atoms with Gasteiger partial charge in [0, 0.05) is 31.6 Å². The number of alkyl halides is 3. The molecule has 0 spiro atoms. The second kappa shape index (κ2) is 10.5. The first kappa shape index (κ1) is 24.6. The van der Waals surface area contributed by atoms with Gasteiger partial charge in [0.1, 0.15) is 11.6 Å². The smallest absolute Gasteiger partial charge is 0.365 e. The summed E-state index contributed by atoms with van der Waals surface area (Å²) in [6.07, 6.45) is -0.401. The summed E-state index contributed by atoms with van der Waals surface area (Å²) in [5, 5.41) is 4.09. The summed E-state index contributed by atoms with van der Waals surface area (Å²) < 4.78 is 39.3. The van der Waals surface area contributed by atoms with E-state index < -0.39 is 19.7 Å². The minimum atomic E-state index is -4.37. The zero-order valence-corrected chi connectivity index (χ0v) is 20.9. The highest BCUT2D eigenvalue weighted by atomic mass is 31.1. The van der Waals surface area contributed by atoms with Crippen LogP contribution < -0.4 is 10.8 Å². The highest BCUT2D eigenvalue weighted by molar-refractivity contribution is 7.65. The molecule has 1 aliphatic heterocycles. The lowest BCUT2D eigenvalue weighted by atomic mass is 10.1. The minimum absolute atomic E-state index is 0.232. The van der Waals surface area contributed by atoms with Gasteiger partial charge in [0.2, 0.25) is 0 Å². The molecule has 5 rings (SSSR count). The van der Waals surface area contributed by atoms with Gasteiger partial charge in [-0.15, -0.1) is 0 Å². The van der Waals surface area contributed by atoms with E-state index in [0.29, 0.717) is 17.2 Å². The lowest BCUT2D eigenvalue weighted by Gasteiger charge is -2.32. The summed E-state index contributed by atoms with van der Waals surface area (Å²) in [6.45, 7) is 5.06. The predicted molar refractivity (Wildman–Crippen MR) is 139 cm³/mol. The zero-order valence-electron chi connectivity index (χ0n) is 20.0. The molecule has 0 unspecified atom stereocenters. The van der Waals surface area contributed by atoms with Crippen LogP contribution in [0.4, 0.5) is 19.0 Å². The molecule has 0 amide bonds. The molecule has 0 atom stereocenters. The summed E-state index contributed by atoms with van der Waals surface area (Å²) >= 11 is 0. The molecule has 0 aliphatic carbocycles. The Kier molecular flexibility index (Phi) is 7.17. The summed E-state index contributed by atoms with van der Waals surface area (Å²) in [5.74, 6) is 1.21. The summed E-state index contributed by atoms with van der Waals surface area (Å²) in [7, 11) is -0.393. The Morgan fingerprint density at radius 1 is 0.944 bits per heavy atom. The maximum absolute atomic E-state index is 13.1. The van der Waals surface area contributed by atoms with Gasteiger partial charge in [0.05, 0.1) is 22.7 Å². The molecule has 1 aliphatic rings. The summed E-state index contributed by atoms with van der Waals surface area (Å²) in [6, 6.07) is 18.0. The molecule has 186 valence electrons. The molecule has 2 aromatic carbocycles. The molecule has 1 saturated heterocycles. The van der Waals surface area contributed by atoms with E-state index in [9.17, 15) is 13.2 Å². The second-order valence-corrected chi connectivity index (χ2v) is 11.4. The Morgan fingerprint density at radius 2 is 1.69 bits per heavy atom. The van der Waals surface area contributed by atoms with Gasteiger partial charge in [-0.25, -0.2) is 9.97 Å². The number of pyridine rings is 1. The number of nitrogens with one attached hydrogen (secondary N) is 1. The van der Waals surface area contributed by atoms with E-state index in [0.717, 1.165) is 54.4 Å². The van der Waals surface area contributed by atoms with Crippen LogP contribution in [-0.4, -0.2) is 45.3 Å². The van der Waals surface area contributed by atoms with E-state index in [1.807, 2.05) is 6.07 Å². The minimum Gasteiger partial charge on any atom is -0.365 e. The maximum Gasteiger partial charge on any atom is 0.416 e. The van der Waals surface area contributed by atoms with Crippen LogP contribution >= 0.6 is 7.92 Å². The first-order valence-corrected chi connectivity index (χ1v) is 13.6. The van der Waals surface area contributed by atoms with E-state index in [1.165, 1.54) is 17.7 Å². The molecule has 4 aromatic rings. The number of hydrogen-bond acceptors (Lipinski definition) is 5. The quantitative estimate of drug-likeness (QED) is 0.344. The van der Waals surface area contributed by atoms with Crippen molar-refractivity contribution in [1.82, 2.24) is 19.9 Å². The molecule has 0 radical (unpaired) electrons. The van der Waals surface area contributed by atoms with E-state index in [4.69, 9.17) is 4.98 Å². The normalized spacial score (nSPS) is 15.3. The van der Waals surface area contributed by atoms with Crippen LogP contribution in [0.5, 0.6) is 0 Å². The van der Waals surface area contributed by atoms with Gasteiger partial charge in [0.15, 0.2) is 0 Å². The van der Waals surface area contributed by atoms with E-state index in [1.54, 1.807) is 19.2 Å². The fraction of sp³-hybridized carbons (Fsp3) is 0.296. The van der Waals surface area contributed by atoms with E-state index in [2.05, 4.69) is 50.5 Å². The SMILES string of the molecule is Cc1nc(NCc2cccc(C(F)(F)F)c2)c2cc(P3CCN(Cc4ccccc4)CC3)ncc2n1. The number of aromatic nitrogens is 3. The van der Waals surface area contributed by atoms with Crippen LogP contribution in [0.2, 0.25) is 0 Å². The third-order valence-electron chi connectivity index (χ3n) is 6.34. The number of aryl methyl sites for hydroxylation is 1. The van der Waals surface area contributed by atoms with Gasteiger partial charge in [-0.2, -0.15) is 13.2 Å². The average Bonchev–Trinajstić information content (AvgIpc) is 2.88. The topological polar surface area (TPSA) is 53.9 Å². The molecule has 3 heterocycles. The predicted octanol–water partition coefficient (Wildman–Crippen LogP) is 5.59. The third kappa shape index (κ3) is 5.82. The molecule has 1 fully saturated rings.